The summed E-state index contributed by atoms with van der Waals surface area (Å²) in [6.45, 7) is 2.82. The monoisotopic (exact) mass is 202 g/mol. The minimum Gasteiger partial charge on any atom is -0.395 e. The van der Waals surface area contributed by atoms with Gasteiger partial charge in [0.15, 0.2) is 5.13 Å². The Morgan fingerprint density at radius 3 is 2.92 bits per heavy atom. The van der Waals surface area contributed by atoms with E-state index in [9.17, 15) is 5.11 Å². The first kappa shape index (κ1) is 10.4. The molecule has 5 heteroatoms. The van der Waals surface area contributed by atoms with Gasteiger partial charge in [-0.05, 0) is 6.92 Å². The van der Waals surface area contributed by atoms with E-state index in [1.807, 2.05) is 10.3 Å². The van der Waals surface area contributed by atoms with E-state index < -0.39 is 6.10 Å². The van der Waals surface area contributed by atoms with Gasteiger partial charge >= 0.3 is 0 Å². The fraction of sp³-hybridized carbons (Fsp3) is 0.625. The summed E-state index contributed by atoms with van der Waals surface area (Å²) < 4.78 is 0. The Morgan fingerprint density at radius 1 is 1.69 bits per heavy atom. The summed E-state index contributed by atoms with van der Waals surface area (Å²) in [5.41, 5.74) is 0. The van der Waals surface area contributed by atoms with Crippen LogP contribution < -0.4 is 4.90 Å². The number of hydrogen-bond acceptors (Lipinski definition) is 5. The Morgan fingerprint density at radius 2 is 2.46 bits per heavy atom. The Labute approximate surface area is 81.5 Å². The summed E-state index contributed by atoms with van der Waals surface area (Å²) in [4.78, 5) is 5.98. The molecule has 0 radical (unpaired) electrons. The molecule has 0 aliphatic rings. The van der Waals surface area contributed by atoms with Crippen molar-refractivity contribution in [3.63, 3.8) is 0 Å². The summed E-state index contributed by atoms with van der Waals surface area (Å²) >= 11 is 1.51. The van der Waals surface area contributed by atoms with Crippen molar-refractivity contribution in [2.75, 3.05) is 24.6 Å². The molecule has 0 spiro atoms. The molecule has 0 aliphatic carbocycles. The number of anilines is 1. The molecule has 1 aromatic heterocycles. The van der Waals surface area contributed by atoms with Crippen molar-refractivity contribution in [1.82, 2.24) is 4.98 Å². The van der Waals surface area contributed by atoms with Crippen molar-refractivity contribution < 1.29 is 10.2 Å². The van der Waals surface area contributed by atoms with E-state index in [2.05, 4.69) is 4.98 Å². The Hall–Kier alpha value is -0.650. The van der Waals surface area contributed by atoms with Crippen molar-refractivity contribution in [3.05, 3.63) is 11.6 Å². The predicted octanol–water partition coefficient (Wildman–Crippen LogP) is 0.323. The molecule has 0 fully saturated rings. The second-order valence-electron chi connectivity index (χ2n) is 2.83. The number of thiazole rings is 1. The number of hydrogen-bond donors (Lipinski definition) is 2. The van der Waals surface area contributed by atoms with Crippen molar-refractivity contribution in [3.8, 4) is 0 Å². The summed E-state index contributed by atoms with van der Waals surface area (Å²) in [6, 6.07) is 0. The zero-order valence-electron chi connectivity index (χ0n) is 7.55. The van der Waals surface area contributed by atoms with Crippen LogP contribution in [0.2, 0.25) is 0 Å². The molecule has 0 aromatic carbocycles. The van der Waals surface area contributed by atoms with Gasteiger partial charge < -0.3 is 15.1 Å². The zero-order chi connectivity index (χ0) is 9.68. The quantitative estimate of drug-likeness (QED) is 0.722. The average Bonchev–Trinajstić information content (AvgIpc) is 2.54. The average molecular weight is 202 g/mol. The lowest BCUT2D eigenvalue weighted by atomic mass is 10.4. The number of aliphatic hydroxyl groups excluding tert-OH is 2. The highest BCUT2D eigenvalue weighted by molar-refractivity contribution is 7.13. The highest BCUT2D eigenvalue weighted by Gasteiger charge is 2.10. The van der Waals surface area contributed by atoms with E-state index in [1.54, 1.807) is 13.1 Å². The molecule has 0 amide bonds. The zero-order valence-corrected chi connectivity index (χ0v) is 8.37. The number of aromatic nitrogens is 1. The largest absolute Gasteiger partial charge is 0.395 e. The van der Waals surface area contributed by atoms with Gasteiger partial charge in [0.05, 0.1) is 12.7 Å². The van der Waals surface area contributed by atoms with Crippen LogP contribution in [0.5, 0.6) is 0 Å². The first-order valence-corrected chi connectivity index (χ1v) is 5.05. The van der Waals surface area contributed by atoms with Gasteiger partial charge in [0.2, 0.25) is 0 Å². The maximum absolute atomic E-state index is 9.20. The second kappa shape index (κ2) is 5.16. The summed E-state index contributed by atoms with van der Waals surface area (Å²) in [5.74, 6) is 0. The molecule has 0 bridgehead atoms. The van der Waals surface area contributed by atoms with Gasteiger partial charge in [-0.2, -0.15) is 0 Å². The molecule has 0 saturated carbocycles. The second-order valence-corrected chi connectivity index (χ2v) is 3.71. The summed E-state index contributed by atoms with van der Waals surface area (Å²) in [6.07, 6.45) is 1.31. The van der Waals surface area contributed by atoms with Crippen LogP contribution >= 0.6 is 11.3 Å². The molecule has 74 valence electrons. The highest BCUT2D eigenvalue weighted by atomic mass is 32.1. The van der Waals surface area contributed by atoms with E-state index in [4.69, 9.17) is 5.11 Å². The maximum atomic E-state index is 9.20. The Kier molecular flexibility index (Phi) is 4.14. The minimum atomic E-state index is -0.407. The standard InChI is InChI=1S/C8H14N2O2S/c1-7(12)6-10(3-4-11)8-9-2-5-13-8/h2,5,7,11-12H,3-4,6H2,1H3. The van der Waals surface area contributed by atoms with Gasteiger partial charge in [-0.3, -0.25) is 0 Å². The molecule has 2 N–H and O–H groups in total. The van der Waals surface area contributed by atoms with Crippen LogP contribution in [0.25, 0.3) is 0 Å². The number of nitrogens with zero attached hydrogens (tertiary/aromatic N) is 2. The smallest absolute Gasteiger partial charge is 0.185 e. The van der Waals surface area contributed by atoms with Crippen LogP contribution in [-0.4, -0.2) is 41.0 Å². The number of aliphatic hydroxyl groups is 2. The molecule has 1 aromatic rings. The Balaban J connectivity index is 2.57. The fourth-order valence-corrected chi connectivity index (χ4v) is 1.76. The predicted molar refractivity (Wildman–Crippen MR) is 53.1 cm³/mol. The first-order chi connectivity index (χ1) is 6.24. The van der Waals surface area contributed by atoms with Gasteiger partial charge in [0, 0.05) is 24.7 Å². The lowest BCUT2D eigenvalue weighted by molar-refractivity contribution is 0.196. The third-order valence-electron chi connectivity index (χ3n) is 1.54. The summed E-state index contributed by atoms with van der Waals surface area (Å²) in [7, 11) is 0. The molecule has 1 atom stereocenters. The molecular formula is C8H14N2O2S. The first-order valence-electron chi connectivity index (χ1n) is 4.17. The Bertz CT molecular complexity index is 226. The third kappa shape index (κ3) is 3.30. The van der Waals surface area contributed by atoms with Crippen LogP contribution in [-0.2, 0) is 0 Å². The molecule has 1 unspecified atom stereocenters. The van der Waals surface area contributed by atoms with E-state index in [1.165, 1.54) is 11.3 Å². The van der Waals surface area contributed by atoms with Crippen molar-refractivity contribution >= 4 is 16.5 Å². The van der Waals surface area contributed by atoms with Crippen LogP contribution in [0.1, 0.15) is 6.92 Å². The van der Waals surface area contributed by atoms with E-state index in [0.717, 1.165) is 5.13 Å². The van der Waals surface area contributed by atoms with Gasteiger partial charge in [-0.25, -0.2) is 4.98 Å². The van der Waals surface area contributed by atoms with Crippen molar-refractivity contribution in [1.29, 1.82) is 0 Å². The third-order valence-corrected chi connectivity index (χ3v) is 2.38. The maximum Gasteiger partial charge on any atom is 0.185 e. The normalized spacial score (nSPS) is 12.8. The van der Waals surface area contributed by atoms with Gasteiger partial charge in [-0.15, -0.1) is 11.3 Å². The van der Waals surface area contributed by atoms with Crippen LogP contribution in [0.3, 0.4) is 0 Å². The van der Waals surface area contributed by atoms with Crippen LogP contribution in [0.15, 0.2) is 11.6 Å². The number of rotatable bonds is 5. The summed E-state index contributed by atoms with van der Waals surface area (Å²) in [5, 5.41) is 20.7. The van der Waals surface area contributed by atoms with Gasteiger partial charge in [-0.1, -0.05) is 0 Å². The molecular weight excluding hydrogens is 188 g/mol. The van der Waals surface area contributed by atoms with Gasteiger partial charge in [0.1, 0.15) is 0 Å². The van der Waals surface area contributed by atoms with Crippen molar-refractivity contribution in [2.45, 2.75) is 13.0 Å². The molecule has 1 heterocycles. The highest BCUT2D eigenvalue weighted by Crippen LogP contribution is 2.16. The SMILES string of the molecule is CC(O)CN(CCO)c1nccs1. The van der Waals surface area contributed by atoms with Crippen LogP contribution in [0.4, 0.5) is 5.13 Å². The van der Waals surface area contributed by atoms with E-state index >= 15 is 0 Å². The minimum absolute atomic E-state index is 0.0757. The van der Waals surface area contributed by atoms with E-state index in [-0.39, 0.29) is 6.61 Å². The molecule has 4 nitrogen and oxygen atoms in total. The van der Waals surface area contributed by atoms with Crippen molar-refractivity contribution in [2.24, 2.45) is 0 Å². The fourth-order valence-electron chi connectivity index (χ4n) is 1.08. The molecule has 0 aliphatic heterocycles. The molecule has 0 saturated heterocycles. The van der Waals surface area contributed by atoms with Gasteiger partial charge in [0.25, 0.3) is 0 Å². The molecule has 1 rings (SSSR count). The topological polar surface area (TPSA) is 56.6 Å². The van der Waals surface area contributed by atoms with Crippen LogP contribution in [0, 0.1) is 0 Å². The lowest BCUT2D eigenvalue weighted by Gasteiger charge is -2.21. The molecule has 13 heavy (non-hydrogen) atoms. The van der Waals surface area contributed by atoms with E-state index in [0.29, 0.717) is 13.1 Å². The lowest BCUT2D eigenvalue weighted by Crippen LogP contribution is -2.33.